The van der Waals surface area contributed by atoms with E-state index in [-0.39, 0.29) is 24.0 Å². The first-order valence-electron chi connectivity index (χ1n) is 8.83. The van der Waals surface area contributed by atoms with Crippen molar-refractivity contribution in [1.29, 1.82) is 0 Å². The number of ether oxygens (including phenoxy) is 1. The summed E-state index contributed by atoms with van der Waals surface area (Å²) >= 11 is 5.93. The summed E-state index contributed by atoms with van der Waals surface area (Å²) in [5, 5.41) is 12.0. The molecule has 0 atom stereocenters. The summed E-state index contributed by atoms with van der Waals surface area (Å²) in [4.78, 5) is 4.65. The van der Waals surface area contributed by atoms with Gasteiger partial charge in [0.1, 0.15) is 0 Å². The molecule has 0 unspecified atom stereocenters. The summed E-state index contributed by atoms with van der Waals surface area (Å²) in [6.45, 7) is 9.66. The zero-order chi connectivity index (χ0) is 18.9. The predicted molar refractivity (Wildman–Crippen MR) is 122 cm³/mol. The summed E-state index contributed by atoms with van der Waals surface area (Å²) in [6.07, 6.45) is 0. The van der Waals surface area contributed by atoms with Gasteiger partial charge in [0, 0.05) is 36.5 Å². The summed E-state index contributed by atoms with van der Waals surface area (Å²) < 4.78 is 7.14. The number of rotatable bonds is 8. The Morgan fingerprint density at radius 1 is 1.22 bits per heavy atom. The van der Waals surface area contributed by atoms with E-state index >= 15 is 0 Å². The fourth-order valence-electron chi connectivity index (χ4n) is 2.66. The Hall–Kier alpha value is -1.32. The molecule has 6 nitrogen and oxygen atoms in total. The Morgan fingerprint density at radius 3 is 2.56 bits per heavy atom. The number of guanidine groups is 1. The van der Waals surface area contributed by atoms with Gasteiger partial charge >= 0.3 is 0 Å². The average molecular weight is 506 g/mol. The molecule has 150 valence electrons. The number of aromatic nitrogens is 2. The molecule has 0 fully saturated rings. The lowest BCUT2D eigenvalue weighted by molar-refractivity contribution is 0.182. The number of aliphatic imine (C=N–C) groups is 1. The van der Waals surface area contributed by atoms with Crippen molar-refractivity contribution >= 4 is 41.5 Å². The third-order valence-corrected chi connectivity index (χ3v) is 4.40. The molecule has 8 heteroatoms. The van der Waals surface area contributed by atoms with E-state index in [1.807, 2.05) is 35.9 Å². The first-order chi connectivity index (χ1) is 12.5. The number of halogens is 2. The number of nitrogens with zero attached hydrogens (tertiary/aromatic N) is 3. The predicted octanol–water partition coefficient (Wildman–Crippen LogP) is 3.67. The highest BCUT2D eigenvalue weighted by molar-refractivity contribution is 14.0. The second-order valence-electron chi connectivity index (χ2n) is 6.04. The monoisotopic (exact) mass is 505 g/mol. The molecule has 0 aliphatic rings. The maximum atomic E-state index is 5.93. The van der Waals surface area contributed by atoms with E-state index in [1.54, 1.807) is 7.11 Å². The van der Waals surface area contributed by atoms with Crippen molar-refractivity contribution in [1.82, 2.24) is 20.4 Å². The maximum absolute atomic E-state index is 5.93. The van der Waals surface area contributed by atoms with Gasteiger partial charge in [-0.15, -0.1) is 24.0 Å². The van der Waals surface area contributed by atoms with E-state index < -0.39 is 0 Å². The fourth-order valence-corrected chi connectivity index (χ4v) is 2.79. The number of hydrogen-bond acceptors (Lipinski definition) is 3. The molecule has 0 amide bonds. The summed E-state index contributed by atoms with van der Waals surface area (Å²) in [5.74, 6) is 0.783. The Morgan fingerprint density at radius 2 is 1.93 bits per heavy atom. The van der Waals surface area contributed by atoms with Gasteiger partial charge < -0.3 is 15.4 Å². The van der Waals surface area contributed by atoms with E-state index in [1.165, 1.54) is 5.56 Å². The number of methoxy groups -OCH3 is 1. The van der Waals surface area contributed by atoms with Crippen molar-refractivity contribution in [2.75, 3.05) is 20.3 Å². The lowest BCUT2D eigenvalue weighted by atomic mass is 10.2. The van der Waals surface area contributed by atoms with E-state index in [0.29, 0.717) is 19.7 Å². The van der Waals surface area contributed by atoms with Gasteiger partial charge in [-0.05, 0) is 38.5 Å². The highest BCUT2D eigenvalue weighted by atomic mass is 127. The summed E-state index contributed by atoms with van der Waals surface area (Å²) in [5.41, 5.74) is 4.49. The van der Waals surface area contributed by atoms with Crippen LogP contribution in [0.5, 0.6) is 0 Å². The van der Waals surface area contributed by atoms with E-state index in [4.69, 9.17) is 16.3 Å². The van der Waals surface area contributed by atoms with Gasteiger partial charge in [0.25, 0.3) is 0 Å². The van der Waals surface area contributed by atoms with Crippen LogP contribution in [0.3, 0.4) is 0 Å². The van der Waals surface area contributed by atoms with Crippen molar-refractivity contribution < 1.29 is 4.74 Å². The Kier molecular flexibility index (Phi) is 10.7. The van der Waals surface area contributed by atoms with Gasteiger partial charge in [0.05, 0.1) is 25.4 Å². The lowest BCUT2D eigenvalue weighted by Gasteiger charge is -2.12. The van der Waals surface area contributed by atoms with Crippen LogP contribution in [-0.2, 0) is 24.4 Å². The lowest BCUT2D eigenvalue weighted by Crippen LogP contribution is -2.37. The smallest absolute Gasteiger partial charge is 0.191 e. The third-order valence-electron chi connectivity index (χ3n) is 4.15. The molecule has 0 saturated carbocycles. The highest BCUT2D eigenvalue weighted by Crippen LogP contribution is 2.13. The van der Waals surface area contributed by atoms with Gasteiger partial charge in [0.2, 0.25) is 0 Å². The quantitative estimate of drug-likeness (QED) is 0.326. The first-order valence-corrected chi connectivity index (χ1v) is 9.21. The second kappa shape index (κ2) is 12.2. The number of nitrogens with one attached hydrogen (secondary N) is 2. The largest absolute Gasteiger partial charge is 0.383 e. The molecular weight excluding hydrogens is 477 g/mol. The van der Waals surface area contributed by atoms with Crippen LogP contribution in [0.2, 0.25) is 5.02 Å². The van der Waals surface area contributed by atoms with Gasteiger partial charge in [-0.1, -0.05) is 23.7 Å². The SMILES string of the molecule is CCNC(=NCc1ccc(Cl)cc1)NCc1c(C)nn(CCOC)c1C.I. The van der Waals surface area contributed by atoms with Gasteiger partial charge in [-0.25, -0.2) is 4.99 Å². The molecule has 1 aromatic heterocycles. The summed E-state index contributed by atoms with van der Waals surface area (Å²) in [7, 11) is 1.70. The van der Waals surface area contributed by atoms with Crippen LogP contribution in [0.15, 0.2) is 29.3 Å². The van der Waals surface area contributed by atoms with Crippen molar-refractivity contribution in [3.05, 3.63) is 51.8 Å². The highest BCUT2D eigenvalue weighted by Gasteiger charge is 2.11. The molecule has 1 heterocycles. The standard InChI is InChI=1S/C19H28ClN5O.HI/c1-5-21-19(22-12-16-6-8-17(20)9-7-16)23-13-18-14(2)24-25(15(18)3)10-11-26-4;/h6-9H,5,10-13H2,1-4H3,(H2,21,22,23);1H. The van der Waals surface area contributed by atoms with Crippen LogP contribution >= 0.6 is 35.6 Å². The Balaban J connectivity index is 0.00000364. The Labute approximate surface area is 183 Å². The van der Waals surface area contributed by atoms with E-state index in [9.17, 15) is 0 Å². The molecule has 0 spiro atoms. The van der Waals surface area contributed by atoms with Crippen LogP contribution in [-0.4, -0.2) is 36.0 Å². The van der Waals surface area contributed by atoms with Gasteiger partial charge in [0.15, 0.2) is 5.96 Å². The first kappa shape index (κ1) is 23.7. The average Bonchev–Trinajstić information content (AvgIpc) is 2.90. The van der Waals surface area contributed by atoms with E-state index in [2.05, 4.69) is 34.6 Å². The van der Waals surface area contributed by atoms with Gasteiger partial charge in [-0.3, -0.25) is 4.68 Å². The van der Waals surface area contributed by atoms with Crippen molar-refractivity contribution in [3.63, 3.8) is 0 Å². The molecule has 2 rings (SSSR count). The minimum Gasteiger partial charge on any atom is -0.383 e. The van der Waals surface area contributed by atoms with Crippen molar-refractivity contribution in [3.8, 4) is 0 Å². The zero-order valence-electron chi connectivity index (χ0n) is 16.4. The third kappa shape index (κ3) is 7.31. The Bertz CT molecular complexity index is 730. The topological polar surface area (TPSA) is 63.5 Å². The minimum atomic E-state index is 0. The number of aryl methyl sites for hydroxylation is 1. The molecule has 2 aromatic rings. The zero-order valence-corrected chi connectivity index (χ0v) is 19.5. The molecule has 1 aromatic carbocycles. The van der Waals surface area contributed by atoms with Gasteiger partial charge in [-0.2, -0.15) is 5.10 Å². The molecular formula is C19H29ClIN5O. The van der Waals surface area contributed by atoms with Crippen LogP contribution in [0, 0.1) is 13.8 Å². The van der Waals surface area contributed by atoms with Crippen molar-refractivity contribution in [2.45, 2.75) is 40.4 Å². The maximum Gasteiger partial charge on any atom is 0.191 e. The molecule has 0 aliphatic carbocycles. The van der Waals surface area contributed by atoms with Crippen molar-refractivity contribution in [2.24, 2.45) is 4.99 Å². The van der Waals surface area contributed by atoms with Crippen LogP contribution in [0.4, 0.5) is 0 Å². The number of hydrogen-bond donors (Lipinski definition) is 2. The second-order valence-corrected chi connectivity index (χ2v) is 6.48. The molecule has 27 heavy (non-hydrogen) atoms. The van der Waals surface area contributed by atoms with Crippen LogP contribution in [0.1, 0.15) is 29.4 Å². The normalized spacial score (nSPS) is 11.2. The molecule has 0 bridgehead atoms. The minimum absolute atomic E-state index is 0. The molecule has 0 saturated heterocycles. The van der Waals surface area contributed by atoms with Crippen LogP contribution in [0.25, 0.3) is 0 Å². The fraction of sp³-hybridized carbons (Fsp3) is 0.474. The van der Waals surface area contributed by atoms with Crippen LogP contribution < -0.4 is 10.6 Å². The van der Waals surface area contributed by atoms with E-state index in [0.717, 1.165) is 41.0 Å². The molecule has 0 radical (unpaired) electrons. The molecule has 0 aliphatic heterocycles. The summed E-state index contributed by atoms with van der Waals surface area (Å²) in [6, 6.07) is 7.74. The number of benzene rings is 1. The molecule has 2 N–H and O–H groups in total.